The molecule has 2 aromatic carbocycles. The van der Waals surface area contributed by atoms with Gasteiger partial charge >= 0.3 is 0 Å². The summed E-state index contributed by atoms with van der Waals surface area (Å²) in [4.78, 5) is 11.9. The summed E-state index contributed by atoms with van der Waals surface area (Å²) in [5.41, 5.74) is 7.05. The van der Waals surface area contributed by atoms with Crippen LogP contribution in [0, 0.1) is 12.7 Å². The van der Waals surface area contributed by atoms with Crippen LogP contribution in [0.3, 0.4) is 0 Å². The Hall–Kier alpha value is -2.07. The number of benzene rings is 2. The first-order chi connectivity index (χ1) is 8.97. The predicted octanol–water partition coefficient (Wildman–Crippen LogP) is 3.62. The van der Waals surface area contributed by atoms with Crippen molar-refractivity contribution < 1.29 is 9.18 Å². The van der Waals surface area contributed by atoms with Crippen molar-refractivity contribution in [1.82, 2.24) is 0 Å². The highest BCUT2D eigenvalue weighted by Crippen LogP contribution is 2.21. The fraction of sp³-hybridized carbons (Fsp3) is 0.0714. The van der Waals surface area contributed by atoms with Gasteiger partial charge in [-0.2, -0.15) is 0 Å². The standard InChI is InChI=1S/C14H12ClFN2O/c1-8-2-4-10(7-12(8)15)18-14(19)11-5-3-9(17)6-13(11)16/h2-7H,17H2,1H3,(H,18,19). The first kappa shape index (κ1) is 13.4. The van der Waals surface area contributed by atoms with Crippen molar-refractivity contribution in [3.63, 3.8) is 0 Å². The van der Waals surface area contributed by atoms with E-state index in [1.165, 1.54) is 12.1 Å². The van der Waals surface area contributed by atoms with E-state index in [2.05, 4.69) is 5.32 Å². The van der Waals surface area contributed by atoms with Crippen molar-refractivity contribution in [3.8, 4) is 0 Å². The van der Waals surface area contributed by atoms with Crippen LogP contribution in [0.25, 0.3) is 0 Å². The van der Waals surface area contributed by atoms with Crippen molar-refractivity contribution >= 4 is 28.9 Å². The summed E-state index contributed by atoms with van der Waals surface area (Å²) < 4.78 is 13.6. The van der Waals surface area contributed by atoms with E-state index in [0.717, 1.165) is 11.6 Å². The lowest BCUT2D eigenvalue weighted by atomic mass is 10.1. The average Bonchev–Trinajstić information content (AvgIpc) is 2.33. The number of anilines is 2. The Balaban J connectivity index is 2.23. The number of rotatable bonds is 2. The van der Waals surface area contributed by atoms with Gasteiger partial charge in [0, 0.05) is 16.4 Å². The monoisotopic (exact) mass is 278 g/mol. The highest BCUT2D eigenvalue weighted by atomic mass is 35.5. The number of nitrogen functional groups attached to an aromatic ring is 1. The zero-order chi connectivity index (χ0) is 14.0. The van der Waals surface area contributed by atoms with Gasteiger partial charge in [-0.25, -0.2) is 4.39 Å². The smallest absolute Gasteiger partial charge is 0.258 e. The topological polar surface area (TPSA) is 55.1 Å². The minimum absolute atomic E-state index is 0.0640. The molecule has 3 N–H and O–H groups in total. The van der Waals surface area contributed by atoms with E-state index in [-0.39, 0.29) is 11.3 Å². The molecule has 0 bridgehead atoms. The van der Waals surface area contributed by atoms with Crippen LogP contribution in [0.5, 0.6) is 0 Å². The summed E-state index contributed by atoms with van der Waals surface area (Å²) in [5, 5.41) is 3.12. The van der Waals surface area contributed by atoms with Crippen molar-refractivity contribution in [2.75, 3.05) is 11.1 Å². The molecule has 0 aliphatic heterocycles. The molecule has 2 rings (SSSR count). The SMILES string of the molecule is Cc1ccc(NC(=O)c2ccc(N)cc2F)cc1Cl. The van der Waals surface area contributed by atoms with Crippen molar-refractivity contribution in [3.05, 3.63) is 58.4 Å². The molecular weight excluding hydrogens is 267 g/mol. The van der Waals surface area contributed by atoms with Crippen LogP contribution in [0.1, 0.15) is 15.9 Å². The minimum atomic E-state index is -0.657. The maximum absolute atomic E-state index is 13.6. The summed E-state index contributed by atoms with van der Waals surface area (Å²) in [5.74, 6) is -1.20. The van der Waals surface area contributed by atoms with Crippen LogP contribution >= 0.6 is 11.6 Å². The van der Waals surface area contributed by atoms with E-state index in [4.69, 9.17) is 17.3 Å². The van der Waals surface area contributed by atoms with Gasteiger partial charge in [-0.15, -0.1) is 0 Å². The van der Waals surface area contributed by atoms with Crippen LogP contribution in [-0.4, -0.2) is 5.91 Å². The molecule has 0 spiro atoms. The molecule has 0 heterocycles. The lowest BCUT2D eigenvalue weighted by Crippen LogP contribution is -2.14. The quantitative estimate of drug-likeness (QED) is 0.824. The Morgan fingerprint density at radius 3 is 2.63 bits per heavy atom. The number of carbonyl (C=O) groups is 1. The zero-order valence-electron chi connectivity index (χ0n) is 10.2. The first-order valence-corrected chi connectivity index (χ1v) is 5.97. The Morgan fingerprint density at radius 1 is 1.26 bits per heavy atom. The molecule has 19 heavy (non-hydrogen) atoms. The van der Waals surface area contributed by atoms with Gasteiger partial charge in [0.25, 0.3) is 5.91 Å². The largest absolute Gasteiger partial charge is 0.399 e. The highest BCUT2D eigenvalue weighted by molar-refractivity contribution is 6.31. The van der Waals surface area contributed by atoms with Gasteiger partial charge in [-0.3, -0.25) is 4.79 Å². The summed E-state index contributed by atoms with van der Waals surface area (Å²) in [6.45, 7) is 1.85. The molecule has 3 nitrogen and oxygen atoms in total. The molecule has 0 fully saturated rings. The van der Waals surface area contributed by atoms with Crippen molar-refractivity contribution in [2.24, 2.45) is 0 Å². The molecule has 0 radical (unpaired) electrons. The number of amides is 1. The molecular formula is C14H12ClFN2O. The first-order valence-electron chi connectivity index (χ1n) is 5.60. The van der Waals surface area contributed by atoms with E-state index in [9.17, 15) is 9.18 Å². The molecule has 0 saturated carbocycles. The van der Waals surface area contributed by atoms with Crippen molar-refractivity contribution in [2.45, 2.75) is 6.92 Å². The van der Waals surface area contributed by atoms with Gasteiger partial charge in [0.15, 0.2) is 0 Å². The molecule has 0 aromatic heterocycles. The fourth-order valence-corrected chi connectivity index (χ4v) is 1.77. The maximum Gasteiger partial charge on any atom is 0.258 e. The molecule has 0 saturated heterocycles. The Labute approximate surface area is 115 Å². The third kappa shape index (κ3) is 3.03. The molecule has 98 valence electrons. The zero-order valence-corrected chi connectivity index (χ0v) is 11.0. The van der Waals surface area contributed by atoms with E-state index >= 15 is 0 Å². The minimum Gasteiger partial charge on any atom is -0.399 e. The van der Waals surface area contributed by atoms with Gasteiger partial charge in [-0.05, 0) is 42.8 Å². The number of aryl methyl sites for hydroxylation is 1. The van der Waals surface area contributed by atoms with Gasteiger partial charge in [-0.1, -0.05) is 17.7 Å². The summed E-state index contributed by atoms with van der Waals surface area (Å²) >= 11 is 5.95. The third-order valence-corrected chi connectivity index (χ3v) is 3.07. The van der Waals surface area contributed by atoms with Crippen LogP contribution in [-0.2, 0) is 0 Å². The molecule has 0 aliphatic rings. The predicted molar refractivity (Wildman–Crippen MR) is 75.0 cm³/mol. The van der Waals surface area contributed by atoms with Gasteiger partial charge < -0.3 is 11.1 Å². The molecule has 5 heteroatoms. The molecule has 1 amide bonds. The van der Waals surface area contributed by atoms with Gasteiger partial charge in [0.2, 0.25) is 0 Å². The van der Waals surface area contributed by atoms with Crippen LogP contribution in [0.2, 0.25) is 5.02 Å². The number of hydrogen-bond donors (Lipinski definition) is 2. The van der Waals surface area contributed by atoms with E-state index < -0.39 is 11.7 Å². The Kier molecular flexibility index (Phi) is 3.71. The maximum atomic E-state index is 13.6. The second-order valence-electron chi connectivity index (χ2n) is 4.16. The lowest BCUT2D eigenvalue weighted by Gasteiger charge is -2.08. The summed E-state index contributed by atoms with van der Waals surface area (Å²) in [7, 11) is 0. The number of hydrogen-bond acceptors (Lipinski definition) is 2. The number of carbonyl (C=O) groups excluding carboxylic acids is 1. The van der Waals surface area contributed by atoms with Gasteiger partial charge in [0.05, 0.1) is 5.56 Å². The molecule has 0 atom stereocenters. The third-order valence-electron chi connectivity index (χ3n) is 2.67. The van der Waals surface area contributed by atoms with E-state index in [1.807, 2.05) is 6.92 Å². The van der Waals surface area contributed by atoms with Crippen molar-refractivity contribution in [1.29, 1.82) is 0 Å². The second-order valence-corrected chi connectivity index (χ2v) is 4.56. The molecule has 0 aliphatic carbocycles. The summed E-state index contributed by atoms with van der Waals surface area (Å²) in [6, 6.07) is 9.02. The van der Waals surface area contributed by atoms with Crippen LogP contribution < -0.4 is 11.1 Å². The molecule has 0 unspecified atom stereocenters. The lowest BCUT2D eigenvalue weighted by molar-refractivity contribution is 0.102. The molecule has 2 aromatic rings. The van der Waals surface area contributed by atoms with E-state index in [0.29, 0.717) is 10.7 Å². The highest BCUT2D eigenvalue weighted by Gasteiger charge is 2.12. The Bertz CT molecular complexity index is 643. The average molecular weight is 279 g/mol. The number of nitrogens with one attached hydrogen (secondary N) is 1. The Morgan fingerprint density at radius 2 is 2.00 bits per heavy atom. The van der Waals surface area contributed by atoms with Crippen LogP contribution in [0.4, 0.5) is 15.8 Å². The van der Waals surface area contributed by atoms with Crippen LogP contribution in [0.15, 0.2) is 36.4 Å². The number of halogens is 2. The second kappa shape index (κ2) is 5.28. The fourth-order valence-electron chi connectivity index (χ4n) is 1.58. The number of nitrogens with two attached hydrogens (primary N) is 1. The normalized spacial score (nSPS) is 10.3. The van der Waals surface area contributed by atoms with Gasteiger partial charge in [0.1, 0.15) is 5.82 Å². The summed E-state index contributed by atoms with van der Waals surface area (Å²) in [6.07, 6.45) is 0. The van der Waals surface area contributed by atoms with E-state index in [1.54, 1.807) is 18.2 Å².